The third kappa shape index (κ3) is 0.957. The highest BCUT2D eigenvalue weighted by atomic mass is 16.3. The van der Waals surface area contributed by atoms with Gasteiger partial charge in [0, 0.05) is 29.5 Å². The Morgan fingerprint density at radius 1 is 1.38 bits per heavy atom. The van der Waals surface area contributed by atoms with Crippen LogP contribution >= 0.6 is 0 Å². The molecule has 1 aromatic heterocycles. The molecule has 16 heavy (non-hydrogen) atoms. The van der Waals surface area contributed by atoms with E-state index >= 15 is 0 Å². The van der Waals surface area contributed by atoms with Gasteiger partial charge in [-0.25, -0.2) is 0 Å². The molecule has 2 atom stereocenters. The van der Waals surface area contributed by atoms with Crippen molar-refractivity contribution in [1.82, 2.24) is 4.90 Å². The second-order valence-electron chi connectivity index (χ2n) is 5.40. The van der Waals surface area contributed by atoms with E-state index < -0.39 is 0 Å². The summed E-state index contributed by atoms with van der Waals surface area (Å²) in [5, 5.41) is 1.32. The topological polar surface area (TPSA) is 16.4 Å². The van der Waals surface area contributed by atoms with Gasteiger partial charge in [-0.2, -0.15) is 0 Å². The summed E-state index contributed by atoms with van der Waals surface area (Å²) in [6.45, 7) is 2.45. The molecule has 0 N–H and O–H groups in total. The minimum absolute atomic E-state index is 0.418. The Kier molecular flexibility index (Phi) is 1.48. The van der Waals surface area contributed by atoms with Crippen LogP contribution in [0.4, 0.5) is 0 Å². The SMILES string of the molecule is CN1CC2CC2(c2coc3ccccc23)C1. The summed E-state index contributed by atoms with van der Waals surface area (Å²) in [4.78, 5) is 2.44. The third-order valence-corrected chi connectivity index (χ3v) is 4.33. The number of benzene rings is 1. The molecule has 2 fully saturated rings. The van der Waals surface area contributed by atoms with Crippen LogP contribution < -0.4 is 0 Å². The molecule has 2 aromatic rings. The molecule has 2 heterocycles. The summed E-state index contributed by atoms with van der Waals surface area (Å²) in [5.74, 6) is 0.860. The van der Waals surface area contributed by atoms with E-state index in [1.807, 2.05) is 12.3 Å². The van der Waals surface area contributed by atoms with E-state index in [-0.39, 0.29) is 0 Å². The molecule has 1 saturated heterocycles. The fourth-order valence-corrected chi connectivity index (χ4v) is 3.51. The Morgan fingerprint density at radius 2 is 2.25 bits per heavy atom. The fourth-order valence-electron chi connectivity index (χ4n) is 3.51. The van der Waals surface area contributed by atoms with Crippen molar-refractivity contribution < 1.29 is 4.42 Å². The zero-order valence-corrected chi connectivity index (χ0v) is 9.44. The van der Waals surface area contributed by atoms with E-state index in [2.05, 4.69) is 30.1 Å². The molecule has 1 aliphatic heterocycles. The second-order valence-corrected chi connectivity index (χ2v) is 5.40. The molecule has 1 saturated carbocycles. The van der Waals surface area contributed by atoms with Gasteiger partial charge in [-0.15, -0.1) is 0 Å². The number of nitrogens with zero attached hydrogens (tertiary/aromatic N) is 1. The van der Waals surface area contributed by atoms with Crippen molar-refractivity contribution in [3.63, 3.8) is 0 Å². The highest BCUT2D eigenvalue weighted by Gasteiger charge is 2.60. The minimum atomic E-state index is 0.418. The average Bonchev–Trinajstić information content (AvgIpc) is 2.71. The zero-order valence-electron chi connectivity index (χ0n) is 9.44. The Labute approximate surface area is 94.8 Å². The van der Waals surface area contributed by atoms with Crippen LogP contribution in [0.2, 0.25) is 0 Å². The third-order valence-electron chi connectivity index (χ3n) is 4.33. The average molecular weight is 213 g/mol. The minimum Gasteiger partial charge on any atom is -0.464 e. The molecule has 82 valence electrons. The number of rotatable bonds is 1. The van der Waals surface area contributed by atoms with E-state index in [4.69, 9.17) is 4.42 Å². The quantitative estimate of drug-likeness (QED) is 0.724. The summed E-state index contributed by atoms with van der Waals surface area (Å²) in [6.07, 6.45) is 3.34. The van der Waals surface area contributed by atoms with Gasteiger partial charge in [-0.1, -0.05) is 18.2 Å². The van der Waals surface area contributed by atoms with Crippen LogP contribution in [0.5, 0.6) is 0 Å². The Balaban J connectivity index is 1.89. The lowest BCUT2D eigenvalue weighted by Crippen LogP contribution is -2.21. The normalized spacial score (nSPS) is 33.2. The van der Waals surface area contributed by atoms with Crippen molar-refractivity contribution in [2.75, 3.05) is 20.1 Å². The molecule has 4 rings (SSSR count). The van der Waals surface area contributed by atoms with Crippen LogP contribution in [-0.4, -0.2) is 25.0 Å². The second kappa shape index (κ2) is 2.69. The zero-order chi connectivity index (χ0) is 10.8. The van der Waals surface area contributed by atoms with Gasteiger partial charge in [0.2, 0.25) is 0 Å². The Morgan fingerprint density at radius 3 is 3.06 bits per heavy atom. The lowest BCUT2D eigenvalue weighted by Gasteiger charge is -2.14. The molecule has 0 amide bonds. The van der Waals surface area contributed by atoms with E-state index in [9.17, 15) is 0 Å². The number of hydrogen-bond acceptors (Lipinski definition) is 2. The predicted octanol–water partition coefficient (Wildman–Crippen LogP) is 2.64. The summed E-state index contributed by atoms with van der Waals surface area (Å²) in [7, 11) is 2.22. The van der Waals surface area contributed by atoms with Gasteiger partial charge in [0.1, 0.15) is 5.58 Å². The number of likely N-dealkylation sites (N-methyl/N-ethyl adjacent to an activating group) is 1. The van der Waals surface area contributed by atoms with Crippen molar-refractivity contribution in [2.24, 2.45) is 5.92 Å². The van der Waals surface area contributed by atoms with Gasteiger partial charge in [0.05, 0.1) is 6.26 Å². The lowest BCUT2D eigenvalue weighted by atomic mass is 9.94. The Bertz CT molecular complexity index is 559. The van der Waals surface area contributed by atoms with Gasteiger partial charge < -0.3 is 9.32 Å². The maximum atomic E-state index is 5.67. The lowest BCUT2D eigenvalue weighted by molar-refractivity contribution is 0.363. The summed E-state index contributed by atoms with van der Waals surface area (Å²) < 4.78 is 5.67. The molecule has 1 aromatic carbocycles. The number of para-hydroxylation sites is 1. The molecular weight excluding hydrogens is 198 g/mol. The number of fused-ring (bicyclic) bond motifs is 2. The predicted molar refractivity (Wildman–Crippen MR) is 63.5 cm³/mol. The maximum absolute atomic E-state index is 5.67. The van der Waals surface area contributed by atoms with Crippen LogP contribution in [0.15, 0.2) is 34.9 Å². The molecule has 0 bridgehead atoms. The molecule has 2 nitrogen and oxygen atoms in total. The molecule has 2 heteroatoms. The highest BCUT2D eigenvalue weighted by molar-refractivity contribution is 5.83. The number of furan rings is 1. The monoisotopic (exact) mass is 213 g/mol. The van der Waals surface area contributed by atoms with E-state index in [0.29, 0.717) is 5.41 Å². The standard InChI is InChI=1S/C14H15NO/c1-15-7-10-6-14(10,9-15)12-8-16-13-5-3-2-4-11(12)13/h2-5,8,10H,6-7,9H2,1H3. The molecule has 0 spiro atoms. The van der Waals surface area contributed by atoms with Crippen molar-refractivity contribution >= 4 is 11.0 Å². The van der Waals surface area contributed by atoms with Crippen LogP contribution in [0, 0.1) is 5.92 Å². The number of hydrogen-bond donors (Lipinski definition) is 0. The van der Waals surface area contributed by atoms with Crippen molar-refractivity contribution in [2.45, 2.75) is 11.8 Å². The van der Waals surface area contributed by atoms with Crippen LogP contribution in [0.1, 0.15) is 12.0 Å². The smallest absolute Gasteiger partial charge is 0.134 e. The van der Waals surface area contributed by atoms with Gasteiger partial charge in [-0.05, 0) is 25.5 Å². The number of likely N-dealkylation sites (tertiary alicyclic amines) is 1. The van der Waals surface area contributed by atoms with E-state index in [1.54, 1.807) is 0 Å². The molecule has 0 radical (unpaired) electrons. The highest BCUT2D eigenvalue weighted by Crippen LogP contribution is 2.60. The molecular formula is C14H15NO. The summed E-state index contributed by atoms with van der Waals surface area (Å²) >= 11 is 0. The fraction of sp³-hybridized carbons (Fsp3) is 0.429. The van der Waals surface area contributed by atoms with Crippen molar-refractivity contribution in [3.8, 4) is 0 Å². The largest absolute Gasteiger partial charge is 0.464 e. The summed E-state index contributed by atoms with van der Waals surface area (Å²) in [6, 6.07) is 8.40. The van der Waals surface area contributed by atoms with Crippen molar-refractivity contribution in [3.05, 3.63) is 36.1 Å². The first-order chi connectivity index (χ1) is 7.79. The maximum Gasteiger partial charge on any atom is 0.134 e. The van der Waals surface area contributed by atoms with E-state index in [1.165, 1.54) is 30.5 Å². The molecule has 1 aliphatic carbocycles. The molecule has 2 unspecified atom stereocenters. The van der Waals surface area contributed by atoms with Gasteiger partial charge in [0.15, 0.2) is 0 Å². The Hall–Kier alpha value is -1.28. The first-order valence-electron chi connectivity index (χ1n) is 5.95. The number of piperidine rings is 1. The van der Waals surface area contributed by atoms with Gasteiger partial charge in [-0.3, -0.25) is 0 Å². The van der Waals surface area contributed by atoms with Crippen LogP contribution in [-0.2, 0) is 5.41 Å². The van der Waals surface area contributed by atoms with Crippen molar-refractivity contribution in [1.29, 1.82) is 0 Å². The van der Waals surface area contributed by atoms with Gasteiger partial charge in [0.25, 0.3) is 0 Å². The van der Waals surface area contributed by atoms with Crippen LogP contribution in [0.25, 0.3) is 11.0 Å². The molecule has 2 aliphatic rings. The van der Waals surface area contributed by atoms with E-state index in [0.717, 1.165) is 11.5 Å². The summed E-state index contributed by atoms with van der Waals surface area (Å²) in [5.41, 5.74) is 2.89. The first-order valence-corrected chi connectivity index (χ1v) is 5.95. The first kappa shape index (κ1) is 8.82. The van der Waals surface area contributed by atoms with Crippen LogP contribution in [0.3, 0.4) is 0 Å². The van der Waals surface area contributed by atoms with Gasteiger partial charge >= 0.3 is 0 Å².